The van der Waals surface area contributed by atoms with Crippen LogP contribution in [0.1, 0.15) is 17.2 Å². The molecule has 2 rings (SSSR count). The van der Waals surface area contributed by atoms with E-state index in [-0.39, 0.29) is 6.04 Å². The number of benzene rings is 2. The van der Waals surface area contributed by atoms with Crippen LogP contribution in [0, 0.1) is 0 Å². The van der Waals surface area contributed by atoms with E-state index in [2.05, 4.69) is 34.5 Å². The number of nitrogens with zero attached hydrogens (tertiary/aromatic N) is 1. The molecule has 0 radical (unpaired) electrons. The van der Waals surface area contributed by atoms with Crippen LogP contribution in [-0.4, -0.2) is 21.1 Å². The van der Waals surface area contributed by atoms with E-state index < -0.39 is 0 Å². The van der Waals surface area contributed by atoms with Gasteiger partial charge in [-0.15, -0.1) is 0 Å². The molecule has 0 aliphatic heterocycles. The average Bonchev–Trinajstić information content (AvgIpc) is 2.44. The maximum Gasteiger partial charge on any atom is 0.0589 e. The van der Waals surface area contributed by atoms with Crippen molar-refractivity contribution in [3.63, 3.8) is 0 Å². The van der Waals surface area contributed by atoms with Gasteiger partial charge >= 0.3 is 0 Å². The molecule has 2 nitrogen and oxygen atoms in total. The monoisotopic (exact) mass is 308 g/mol. The van der Waals surface area contributed by atoms with Crippen molar-refractivity contribution in [1.29, 1.82) is 0 Å². The van der Waals surface area contributed by atoms with Gasteiger partial charge in [0.15, 0.2) is 0 Å². The molecule has 1 N–H and O–H groups in total. The molecule has 0 saturated carbocycles. The summed E-state index contributed by atoms with van der Waals surface area (Å²) in [4.78, 5) is 2.07. The van der Waals surface area contributed by atoms with Crippen molar-refractivity contribution < 1.29 is 0 Å². The summed E-state index contributed by atoms with van der Waals surface area (Å²) in [6, 6.07) is 14.0. The molecule has 0 aliphatic rings. The van der Waals surface area contributed by atoms with Gasteiger partial charge in [-0.1, -0.05) is 35.3 Å². The van der Waals surface area contributed by atoms with Gasteiger partial charge in [0.2, 0.25) is 0 Å². The Morgan fingerprint density at radius 3 is 2.20 bits per heavy atom. The van der Waals surface area contributed by atoms with Gasteiger partial charge in [0.05, 0.1) is 6.04 Å². The van der Waals surface area contributed by atoms with Gasteiger partial charge in [0, 0.05) is 29.8 Å². The minimum absolute atomic E-state index is 0.0254. The first-order valence-electron chi connectivity index (χ1n) is 6.42. The lowest BCUT2D eigenvalue weighted by molar-refractivity contribution is 0.692. The summed E-state index contributed by atoms with van der Waals surface area (Å²) in [5, 5.41) is 4.70. The maximum atomic E-state index is 6.29. The van der Waals surface area contributed by atoms with Crippen molar-refractivity contribution in [3.05, 3.63) is 63.6 Å². The Kier molecular flexibility index (Phi) is 4.92. The molecule has 106 valence electrons. The van der Waals surface area contributed by atoms with Crippen molar-refractivity contribution in [2.45, 2.75) is 6.04 Å². The topological polar surface area (TPSA) is 15.3 Å². The SMILES string of the molecule is CNC(c1ccc(N(C)C)cc1)c1cc(Cl)ccc1Cl. The van der Waals surface area contributed by atoms with E-state index in [4.69, 9.17) is 23.2 Å². The van der Waals surface area contributed by atoms with Crippen molar-refractivity contribution in [3.8, 4) is 0 Å². The van der Waals surface area contributed by atoms with Crippen LogP contribution >= 0.6 is 23.2 Å². The summed E-state index contributed by atoms with van der Waals surface area (Å²) in [5.41, 5.74) is 3.31. The van der Waals surface area contributed by atoms with E-state index in [9.17, 15) is 0 Å². The first-order valence-corrected chi connectivity index (χ1v) is 7.18. The fourth-order valence-corrected chi connectivity index (χ4v) is 2.61. The number of hydrogen-bond donors (Lipinski definition) is 1. The summed E-state index contributed by atoms with van der Waals surface area (Å²) in [6.45, 7) is 0. The van der Waals surface area contributed by atoms with E-state index >= 15 is 0 Å². The zero-order valence-corrected chi connectivity index (χ0v) is 13.3. The van der Waals surface area contributed by atoms with Gasteiger partial charge in [-0.2, -0.15) is 0 Å². The molecule has 0 aromatic heterocycles. The molecule has 20 heavy (non-hydrogen) atoms. The summed E-state index contributed by atoms with van der Waals surface area (Å²) < 4.78 is 0. The zero-order chi connectivity index (χ0) is 14.7. The molecule has 1 atom stereocenters. The lowest BCUT2D eigenvalue weighted by Gasteiger charge is -2.20. The van der Waals surface area contributed by atoms with E-state index in [0.717, 1.165) is 11.1 Å². The fourth-order valence-electron chi connectivity index (χ4n) is 2.20. The molecule has 0 saturated heterocycles. The number of rotatable bonds is 4. The van der Waals surface area contributed by atoms with Gasteiger partial charge in [-0.05, 0) is 48.5 Å². The average molecular weight is 309 g/mol. The molecule has 0 fully saturated rings. The fraction of sp³-hybridized carbons (Fsp3) is 0.250. The minimum atomic E-state index is 0.0254. The Morgan fingerprint density at radius 2 is 1.65 bits per heavy atom. The standard InChI is InChI=1S/C16H18Cl2N2/c1-19-16(14-10-12(17)6-9-15(14)18)11-4-7-13(8-5-11)20(2)3/h4-10,16,19H,1-3H3. The van der Waals surface area contributed by atoms with Crippen molar-refractivity contribution in [2.24, 2.45) is 0 Å². The number of hydrogen-bond acceptors (Lipinski definition) is 2. The molecule has 2 aromatic carbocycles. The van der Waals surface area contributed by atoms with Crippen LogP contribution in [0.2, 0.25) is 10.0 Å². The lowest BCUT2D eigenvalue weighted by Crippen LogP contribution is -2.18. The third kappa shape index (κ3) is 3.26. The van der Waals surface area contributed by atoms with Crippen LogP contribution in [0.4, 0.5) is 5.69 Å². The molecular weight excluding hydrogens is 291 g/mol. The van der Waals surface area contributed by atoms with Crippen molar-refractivity contribution >= 4 is 28.9 Å². The third-order valence-corrected chi connectivity index (χ3v) is 3.88. The van der Waals surface area contributed by atoms with Gasteiger partial charge in [-0.25, -0.2) is 0 Å². The largest absolute Gasteiger partial charge is 0.378 e. The van der Waals surface area contributed by atoms with E-state index in [1.54, 1.807) is 6.07 Å². The highest BCUT2D eigenvalue weighted by Crippen LogP contribution is 2.31. The Morgan fingerprint density at radius 1 is 1.00 bits per heavy atom. The maximum absolute atomic E-state index is 6.29. The van der Waals surface area contributed by atoms with Crippen LogP contribution in [0.25, 0.3) is 0 Å². The molecule has 0 aliphatic carbocycles. The van der Waals surface area contributed by atoms with E-state index in [1.165, 1.54) is 5.69 Å². The van der Waals surface area contributed by atoms with Gasteiger partial charge in [0.1, 0.15) is 0 Å². The molecule has 0 amide bonds. The predicted molar refractivity (Wildman–Crippen MR) is 88.1 cm³/mol. The summed E-state index contributed by atoms with van der Waals surface area (Å²) in [5.74, 6) is 0. The Labute approximate surface area is 130 Å². The molecule has 0 heterocycles. The smallest absolute Gasteiger partial charge is 0.0589 e. The van der Waals surface area contributed by atoms with Crippen LogP contribution in [-0.2, 0) is 0 Å². The van der Waals surface area contributed by atoms with Crippen LogP contribution in [0.3, 0.4) is 0 Å². The molecule has 0 bridgehead atoms. The first-order chi connectivity index (χ1) is 9.52. The predicted octanol–water partition coefficient (Wildman–Crippen LogP) is 4.37. The van der Waals surface area contributed by atoms with Crippen molar-refractivity contribution in [1.82, 2.24) is 5.32 Å². The summed E-state index contributed by atoms with van der Waals surface area (Å²) in [7, 11) is 5.97. The highest BCUT2D eigenvalue weighted by Gasteiger charge is 2.15. The molecular formula is C16H18Cl2N2. The quantitative estimate of drug-likeness (QED) is 0.902. The molecule has 2 aromatic rings. The molecule has 4 heteroatoms. The Hall–Kier alpha value is -1.22. The third-order valence-electron chi connectivity index (χ3n) is 3.30. The van der Waals surface area contributed by atoms with Crippen LogP contribution in [0.15, 0.2) is 42.5 Å². The lowest BCUT2D eigenvalue weighted by atomic mass is 9.98. The highest BCUT2D eigenvalue weighted by atomic mass is 35.5. The minimum Gasteiger partial charge on any atom is -0.378 e. The number of anilines is 1. The van der Waals surface area contributed by atoms with E-state index in [0.29, 0.717) is 10.0 Å². The second-order valence-corrected chi connectivity index (χ2v) is 5.72. The van der Waals surface area contributed by atoms with Gasteiger partial charge < -0.3 is 10.2 Å². The normalized spacial score (nSPS) is 12.2. The van der Waals surface area contributed by atoms with E-state index in [1.807, 2.05) is 33.3 Å². The first kappa shape index (κ1) is 15.2. The second kappa shape index (κ2) is 6.49. The summed E-state index contributed by atoms with van der Waals surface area (Å²) in [6.07, 6.45) is 0. The van der Waals surface area contributed by atoms with Gasteiger partial charge in [0.25, 0.3) is 0 Å². The van der Waals surface area contributed by atoms with Crippen LogP contribution in [0.5, 0.6) is 0 Å². The van der Waals surface area contributed by atoms with Gasteiger partial charge in [-0.3, -0.25) is 0 Å². The number of halogens is 2. The number of nitrogens with one attached hydrogen (secondary N) is 1. The Bertz CT molecular complexity index is 580. The second-order valence-electron chi connectivity index (χ2n) is 4.87. The van der Waals surface area contributed by atoms with Crippen LogP contribution < -0.4 is 10.2 Å². The zero-order valence-electron chi connectivity index (χ0n) is 11.8. The summed E-state index contributed by atoms with van der Waals surface area (Å²) >= 11 is 12.4. The highest BCUT2D eigenvalue weighted by molar-refractivity contribution is 6.33. The van der Waals surface area contributed by atoms with Crippen molar-refractivity contribution in [2.75, 3.05) is 26.0 Å². The Balaban J connectivity index is 2.39. The molecule has 0 spiro atoms. The molecule has 1 unspecified atom stereocenters.